The Bertz CT molecular complexity index is 612. The Kier molecular flexibility index (Phi) is 5.38. The van der Waals surface area contributed by atoms with E-state index in [1.165, 1.54) is 0 Å². The van der Waals surface area contributed by atoms with Crippen LogP contribution in [0.15, 0.2) is 41.1 Å². The number of aryl methyl sites for hydroxylation is 1. The maximum atomic E-state index is 12.2. The van der Waals surface area contributed by atoms with E-state index in [0.717, 1.165) is 22.3 Å². The second-order valence-electron chi connectivity index (χ2n) is 4.44. The lowest BCUT2D eigenvalue weighted by atomic mass is 10.1. The van der Waals surface area contributed by atoms with E-state index in [2.05, 4.69) is 26.3 Å². The molecule has 0 spiro atoms. The number of carbonyl (C=O) groups is 1. The predicted octanol–water partition coefficient (Wildman–Crippen LogP) is 3.38. The highest BCUT2D eigenvalue weighted by atomic mass is 79.9. The summed E-state index contributed by atoms with van der Waals surface area (Å²) in [5, 5.41) is 7.43. The highest BCUT2D eigenvalue weighted by Gasteiger charge is 2.24. The largest absolute Gasteiger partial charge is 0.464 e. The van der Waals surface area contributed by atoms with Gasteiger partial charge in [0.15, 0.2) is 6.04 Å². The van der Waals surface area contributed by atoms with Crippen molar-refractivity contribution >= 4 is 27.6 Å². The lowest BCUT2D eigenvalue weighted by molar-refractivity contribution is -0.144. The Balaban J connectivity index is 2.28. The molecule has 1 aromatic carbocycles. The zero-order valence-corrected chi connectivity index (χ0v) is 13.6. The van der Waals surface area contributed by atoms with Crippen molar-refractivity contribution in [2.75, 3.05) is 11.9 Å². The summed E-state index contributed by atoms with van der Waals surface area (Å²) in [6.45, 7) is 4.89. The Morgan fingerprint density at radius 1 is 1.43 bits per heavy atom. The first-order valence-electron chi connectivity index (χ1n) is 6.85. The van der Waals surface area contributed by atoms with Gasteiger partial charge >= 0.3 is 5.97 Å². The molecule has 1 aromatic heterocycles. The van der Waals surface area contributed by atoms with Crippen molar-refractivity contribution in [2.45, 2.75) is 26.4 Å². The van der Waals surface area contributed by atoms with E-state index >= 15 is 0 Å². The summed E-state index contributed by atoms with van der Waals surface area (Å²) in [6.07, 6.45) is 3.54. The molecular weight excluding hydrogens is 334 g/mol. The number of halogens is 1. The summed E-state index contributed by atoms with van der Waals surface area (Å²) in [4.78, 5) is 12.2. The van der Waals surface area contributed by atoms with E-state index in [1.54, 1.807) is 17.8 Å². The number of hydrogen-bond donors (Lipinski definition) is 1. The van der Waals surface area contributed by atoms with Crippen molar-refractivity contribution in [3.63, 3.8) is 0 Å². The molecule has 2 rings (SSSR count). The van der Waals surface area contributed by atoms with Gasteiger partial charge in [0, 0.05) is 28.5 Å². The number of esters is 1. The standard InChI is InChI=1S/C15H18BrN3O2/c1-3-19-10-11(9-17-19)14(15(20)21-4-2)18-13-8-6-5-7-12(13)16/h5-10,14,18H,3-4H2,1-2H3. The molecule has 0 aliphatic carbocycles. The molecule has 2 aromatic rings. The number of anilines is 1. The van der Waals surface area contributed by atoms with Crippen LogP contribution < -0.4 is 5.32 Å². The zero-order chi connectivity index (χ0) is 15.2. The molecule has 6 heteroatoms. The zero-order valence-electron chi connectivity index (χ0n) is 12.0. The average molecular weight is 352 g/mol. The Morgan fingerprint density at radius 2 is 2.19 bits per heavy atom. The van der Waals surface area contributed by atoms with Crippen molar-refractivity contribution in [3.05, 3.63) is 46.7 Å². The molecule has 0 saturated heterocycles. The molecule has 112 valence electrons. The first kappa shape index (κ1) is 15.6. The monoisotopic (exact) mass is 351 g/mol. The Hall–Kier alpha value is -1.82. The van der Waals surface area contributed by atoms with Crippen LogP contribution in [0.2, 0.25) is 0 Å². The first-order chi connectivity index (χ1) is 10.2. The van der Waals surface area contributed by atoms with Gasteiger partial charge in [-0.2, -0.15) is 5.10 Å². The number of ether oxygens (including phenoxy) is 1. The molecule has 5 nitrogen and oxygen atoms in total. The van der Waals surface area contributed by atoms with E-state index in [0.29, 0.717) is 6.61 Å². The molecule has 0 aliphatic rings. The topological polar surface area (TPSA) is 56.1 Å². The SMILES string of the molecule is CCOC(=O)C(Nc1ccccc1Br)c1cnn(CC)c1. The number of rotatable bonds is 6. The van der Waals surface area contributed by atoms with Gasteiger partial charge in [-0.15, -0.1) is 0 Å². The number of para-hydroxylation sites is 1. The van der Waals surface area contributed by atoms with E-state index in [-0.39, 0.29) is 5.97 Å². The van der Waals surface area contributed by atoms with Gasteiger partial charge < -0.3 is 10.1 Å². The maximum Gasteiger partial charge on any atom is 0.333 e. The number of hydrogen-bond acceptors (Lipinski definition) is 4. The van der Waals surface area contributed by atoms with Gasteiger partial charge in [0.2, 0.25) is 0 Å². The summed E-state index contributed by atoms with van der Waals surface area (Å²) in [5.41, 5.74) is 1.62. The quantitative estimate of drug-likeness (QED) is 0.810. The van der Waals surface area contributed by atoms with E-state index < -0.39 is 6.04 Å². The summed E-state index contributed by atoms with van der Waals surface area (Å²) < 4.78 is 7.83. The normalized spacial score (nSPS) is 12.0. The lowest BCUT2D eigenvalue weighted by Gasteiger charge is -2.18. The van der Waals surface area contributed by atoms with Crippen molar-refractivity contribution in [1.82, 2.24) is 9.78 Å². The van der Waals surface area contributed by atoms with E-state index in [4.69, 9.17) is 4.74 Å². The molecule has 1 unspecified atom stereocenters. The van der Waals surface area contributed by atoms with Gasteiger partial charge in [-0.1, -0.05) is 12.1 Å². The molecule has 0 radical (unpaired) electrons. The van der Waals surface area contributed by atoms with Crippen LogP contribution >= 0.6 is 15.9 Å². The third kappa shape index (κ3) is 3.85. The smallest absolute Gasteiger partial charge is 0.333 e. The minimum Gasteiger partial charge on any atom is -0.464 e. The summed E-state index contributed by atoms with van der Waals surface area (Å²) in [6, 6.07) is 7.07. The Morgan fingerprint density at radius 3 is 2.81 bits per heavy atom. The van der Waals surface area contributed by atoms with Crippen LogP contribution in [0.1, 0.15) is 25.5 Å². The third-order valence-electron chi connectivity index (χ3n) is 3.01. The van der Waals surface area contributed by atoms with Crippen LogP contribution in [0.5, 0.6) is 0 Å². The second-order valence-corrected chi connectivity index (χ2v) is 5.29. The van der Waals surface area contributed by atoms with Crippen LogP contribution in [0.3, 0.4) is 0 Å². The second kappa shape index (κ2) is 7.26. The number of benzene rings is 1. The van der Waals surface area contributed by atoms with E-state index in [9.17, 15) is 4.79 Å². The molecule has 0 saturated carbocycles. The molecule has 0 aliphatic heterocycles. The number of nitrogens with zero attached hydrogens (tertiary/aromatic N) is 2. The van der Waals surface area contributed by atoms with Crippen LogP contribution in [0, 0.1) is 0 Å². The van der Waals surface area contributed by atoms with E-state index in [1.807, 2.05) is 37.4 Å². The fraction of sp³-hybridized carbons (Fsp3) is 0.333. The molecule has 0 fully saturated rings. The molecule has 21 heavy (non-hydrogen) atoms. The summed E-state index contributed by atoms with van der Waals surface area (Å²) in [5.74, 6) is -0.316. The van der Waals surface area contributed by atoms with Crippen LogP contribution in [0.25, 0.3) is 0 Å². The van der Waals surface area contributed by atoms with Gasteiger partial charge in [0.1, 0.15) is 0 Å². The minimum absolute atomic E-state index is 0.316. The molecule has 0 bridgehead atoms. The van der Waals surface area contributed by atoms with Crippen LogP contribution in [-0.2, 0) is 16.1 Å². The minimum atomic E-state index is -0.580. The van der Waals surface area contributed by atoms with Gasteiger partial charge in [0.05, 0.1) is 12.8 Å². The molecule has 1 heterocycles. The summed E-state index contributed by atoms with van der Waals surface area (Å²) >= 11 is 3.47. The number of nitrogens with one attached hydrogen (secondary N) is 1. The van der Waals surface area contributed by atoms with Crippen LogP contribution in [0.4, 0.5) is 5.69 Å². The van der Waals surface area contributed by atoms with Crippen molar-refractivity contribution < 1.29 is 9.53 Å². The van der Waals surface area contributed by atoms with Crippen molar-refractivity contribution in [2.24, 2.45) is 0 Å². The molecule has 0 amide bonds. The highest BCUT2D eigenvalue weighted by Crippen LogP contribution is 2.27. The third-order valence-corrected chi connectivity index (χ3v) is 3.70. The molecule has 1 atom stereocenters. The number of carbonyl (C=O) groups excluding carboxylic acids is 1. The predicted molar refractivity (Wildman–Crippen MR) is 85.0 cm³/mol. The Labute approximate surface area is 132 Å². The molecular formula is C15H18BrN3O2. The lowest BCUT2D eigenvalue weighted by Crippen LogP contribution is -2.23. The first-order valence-corrected chi connectivity index (χ1v) is 7.65. The van der Waals surface area contributed by atoms with Gasteiger partial charge in [0.25, 0.3) is 0 Å². The maximum absolute atomic E-state index is 12.2. The van der Waals surface area contributed by atoms with Gasteiger partial charge in [-0.25, -0.2) is 4.79 Å². The number of aromatic nitrogens is 2. The molecule has 1 N–H and O–H groups in total. The van der Waals surface area contributed by atoms with Gasteiger partial charge in [-0.05, 0) is 41.9 Å². The van der Waals surface area contributed by atoms with Crippen molar-refractivity contribution in [1.29, 1.82) is 0 Å². The van der Waals surface area contributed by atoms with Crippen LogP contribution in [-0.4, -0.2) is 22.4 Å². The van der Waals surface area contributed by atoms with Crippen molar-refractivity contribution in [3.8, 4) is 0 Å². The fourth-order valence-corrected chi connectivity index (χ4v) is 2.34. The average Bonchev–Trinajstić information content (AvgIpc) is 2.95. The fourth-order valence-electron chi connectivity index (χ4n) is 1.94. The van der Waals surface area contributed by atoms with Gasteiger partial charge in [-0.3, -0.25) is 4.68 Å². The highest BCUT2D eigenvalue weighted by molar-refractivity contribution is 9.10. The summed E-state index contributed by atoms with van der Waals surface area (Å²) in [7, 11) is 0.